The number of nitrogens with zero attached hydrogens (tertiary/aromatic N) is 3. The second-order valence-electron chi connectivity index (χ2n) is 6.21. The van der Waals surface area contributed by atoms with E-state index in [0.717, 1.165) is 36.5 Å². The number of furan rings is 1. The highest BCUT2D eigenvalue weighted by atomic mass is 16.3. The van der Waals surface area contributed by atoms with E-state index in [-0.39, 0.29) is 5.91 Å². The summed E-state index contributed by atoms with van der Waals surface area (Å²) in [6.45, 7) is 4.21. The van der Waals surface area contributed by atoms with Gasteiger partial charge in [0.15, 0.2) is 0 Å². The third kappa shape index (κ3) is 2.73. The van der Waals surface area contributed by atoms with E-state index < -0.39 is 0 Å². The number of carbonyl (C=O) groups is 1. The summed E-state index contributed by atoms with van der Waals surface area (Å²) in [5.74, 6) is 0.00973. The van der Waals surface area contributed by atoms with Crippen molar-refractivity contribution in [2.24, 2.45) is 0 Å². The van der Waals surface area contributed by atoms with E-state index in [0.29, 0.717) is 12.1 Å². The fourth-order valence-corrected chi connectivity index (χ4v) is 3.15. The second kappa shape index (κ2) is 6.00. The number of carbonyl (C=O) groups excluding carboxylic acids is 1. The molecule has 1 aromatic carbocycles. The average Bonchev–Trinajstić information content (AvgIpc) is 3.20. The van der Waals surface area contributed by atoms with E-state index in [4.69, 9.17) is 9.52 Å². The summed E-state index contributed by atoms with van der Waals surface area (Å²) in [7, 11) is 0. The normalized spacial score (nSPS) is 14.3. The third-order valence-corrected chi connectivity index (χ3v) is 4.38. The molecule has 0 spiro atoms. The van der Waals surface area contributed by atoms with E-state index in [9.17, 15) is 4.79 Å². The van der Waals surface area contributed by atoms with E-state index in [1.165, 1.54) is 18.1 Å². The highest BCUT2D eigenvalue weighted by Gasteiger charge is 2.22. The van der Waals surface area contributed by atoms with Crippen LogP contribution in [0.1, 0.15) is 28.0 Å². The number of hydrogen-bond acceptors (Lipinski definition) is 3. The fraction of sp³-hybridized carbons (Fsp3) is 0.263. The minimum atomic E-state index is 0.00973. The molecule has 0 fully saturated rings. The van der Waals surface area contributed by atoms with Gasteiger partial charge in [-0.1, -0.05) is 23.8 Å². The summed E-state index contributed by atoms with van der Waals surface area (Å²) in [5.41, 5.74) is 4.96. The molecule has 0 bridgehead atoms. The standard InChI is InChI=1S/C19H19N3O2/c1-14-4-2-5-15(10-14)18-11-17-12-21(7-3-8-22(17)20-18)19(23)16-6-9-24-13-16/h2,4-6,9-11,13H,3,7-8,12H2,1H3. The van der Waals surface area contributed by atoms with Gasteiger partial charge in [-0.3, -0.25) is 9.48 Å². The van der Waals surface area contributed by atoms with Crippen molar-refractivity contribution < 1.29 is 9.21 Å². The second-order valence-corrected chi connectivity index (χ2v) is 6.21. The summed E-state index contributed by atoms with van der Waals surface area (Å²) in [6.07, 6.45) is 3.93. The maximum atomic E-state index is 12.6. The lowest BCUT2D eigenvalue weighted by atomic mass is 10.1. The predicted octanol–water partition coefficient (Wildman–Crippen LogP) is 3.50. The van der Waals surface area contributed by atoms with Crippen LogP contribution in [0.4, 0.5) is 0 Å². The summed E-state index contributed by atoms with van der Waals surface area (Å²) >= 11 is 0. The lowest BCUT2D eigenvalue weighted by Crippen LogP contribution is -2.30. The molecule has 0 radical (unpaired) electrons. The molecule has 0 aliphatic carbocycles. The zero-order valence-electron chi connectivity index (χ0n) is 13.6. The average molecular weight is 321 g/mol. The van der Waals surface area contributed by atoms with Crippen LogP contribution in [-0.2, 0) is 13.1 Å². The Morgan fingerprint density at radius 1 is 1.21 bits per heavy atom. The number of benzene rings is 1. The fourth-order valence-electron chi connectivity index (χ4n) is 3.15. The monoisotopic (exact) mass is 321 g/mol. The Morgan fingerprint density at radius 3 is 2.92 bits per heavy atom. The smallest absolute Gasteiger partial charge is 0.257 e. The minimum Gasteiger partial charge on any atom is -0.472 e. The highest BCUT2D eigenvalue weighted by molar-refractivity contribution is 5.93. The van der Waals surface area contributed by atoms with Gasteiger partial charge in [-0.15, -0.1) is 0 Å². The lowest BCUT2D eigenvalue weighted by molar-refractivity contribution is 0.0745. The molecule has 24 heavy (non-hydrogen) atoms. The molecular weight excluding hydrogens is 302 g/mol. The summed E-state index contributed by atoms with van der Waals surface area (Å²) < 4.78 is 7.06. The summed E-state index contributed by atoms with van der Waals surface area (Å²) in [4.78, 5) is 14.4. The molecule has 0 N–H and O–H groups in total. The molecule has 3 aromatic rings. The minimum absolute atomic E-state index is 0.00973. The first-order valence-electron chi connectivity index (χ1n) is 8.16. The third-order valence-electron chi connectivity index (χ3n) is 4.38. The van der Waals surface area contributed by atoms with Crippen LogP contribution in [0.15, 0.2) is 53.3 Å². The molecular formula is C19H19N3O2. The molecule has 3 heterocycles. The Hall–Kier alpha value is -2.82. The molecule has 0 atom stereocenters. The Kier molecular flexibility index (Phi) is 3.69. The highest BCUT2D eigenvalue weighted by Crippen LogP contribution is 2.23. The van der Waals surface area contributed by atoms with Gasteiger partial charge in [0.1, 0.15) is 6.26 Å². The molecule has 1 aliphatic heterocycles. The molecule has 2 aromatic heterocycles. The first-order valence-corrected chi connectivity index (χ1v) is 8.16. The van der Waals surface area contributed by atoms with Crippen LogP contribution in [0, 0.1) is 6.92 Å². The van der Waals surface area contributed by atoms with Gasteiger partial charge >= 0.3 is 0 Å². The van der Waals surface area contributed by atoms with Crippen molar-refractivity contribution in [3.05, 3.63) is 65.7 Å². The molecule has 5 heteroatoms. The summed E-state index contributed by atoms with van der Waals surface area (Å²) in [5, 5.41) is 4.74. The van der Waals surface area contributed by atoms with E-state index in [1.807, 2.05) is 15.6 Å². The van der Waals surface area contributed by atoms with Crippen LogP contribution in [0.25, 0.3) is 11.3 Å². The van der Waals surface area contributed by atoms with E-state index in [1.54, 1.807) is 6.07 Å². The predicted molar refractivity (Wildman–Crippen MR) is 90.5 cm³/mol. The number of hydrogen-bond donors (Lipinski definition) is 0. The van der Waals surface area contributed by atoms with Crippen LogP contribution in [-0.4, -0.2) is 27.1 Å². The van der Waals surface area contributed by atoms with Crippen molar-refractivity contribution >= 4 is 5.91 Å². The number of fused-ring (bicyclic) bond motifs is 1. The van der Waals surface area contributed by atoms with Crippen molar-refractivity contribution in [2.75, 3.05) is 6.54 Å². The van der Waals surface area contributed by atoms with Gasteiger partial charge in [0.05, 0.1) is 29.8 Å². The van der Waals surface area contributed by atoms with Gasteiger partial charge in [0, 0.05) is 18.7 Å². The Balaban J connectivity index is 1.62. The van der Waals surface area contributed by atoms with Crippen molar-refractivity contribution in [3.63, 3.8) is 0 Å². The lowest BCUT2D eigenvalue weighted by Gasteiger charge is -2.18. The Morgan fingerprint density at radius 2 is 2.12 bits per heavy atom. The van der Waals surface area contributed by atoms with E-state index in [2.05, 4.69) is 31.2 Å². The van der Waals surface area contributed by atoms with Crippen molar-refractivity contribution in [1.82, 2.24) is 14.7 Å². The first kappa shape index (κ1) is 14.8. The molecule has 5 nitrogen and oxygen atoms in total. The molecule has 0 unspecified atom stereocenters. The molecule has 1 amide bonds. The van der Waals surface area contributed by atoms with Crippen LogP contribution >= 0.6 is 0 Å². The topological polar surface area (TPSA) is 51.3 Å². The van der Waals surface area contributed by atoms with Gasteiger partial charge in [0.2, 0.25) is 0 Å². The van der Waals surface area contributed by atoms with Crippen LogP contribution < -0.4 is 0 Å². The molecule has 0 saturated carbocycles. The van der Waals surface area contributed by atoms with Gasteiger partial charge < -0.3 is 9.32 Å². The van der Waals surface area contributed by atoms with Gasteiger partial charge in [-0.25, -0.2) is 0 Å². The first-order chi connectivity index (χ1) is 11.7. The maximum absolute atomic E-state index is 12.6. The number of aromatic nitrogens is 2. The number of aryl methyl sites for hydroxylation is 2. The largest absolute Gasteiger partial charge is 0.472 e. The quantitative estimate of drug-likeness (QED) is 0.726. The van der Waals surface area contributed by atoms with Crippen LogP contribution in [0.5, 0.6) is 0 Å². The van der Waals surface area contributed by atoms with Gasteiger partial charge in [-0.05, 0) is 31.5 Å². The van der Waals surface area contributed by atoms with Crippen molar-refractivity contribution in [3.8, 4) is 11.3 Å². The SMILES string of the molecule is Cc1cccc(-c2cc3n(n2)CCCN(C(=O)c2ccoc2)C3)c1. The maximum Gasteiger partial charge on any atom is 0.257 e. The number of amides is 1. The van der Waals surface area contributed by atoms with Crippen LogP contribution in [0.2, 0.25) is 0 Å². The Labute approximate surface area is 140 Å². The number of rotatable bonds is 2. The Bertz CT molecular complexity index is 865. The van der Waals surface area contributed by atoms with Crippen LogP contribution in [0.3, 0.4) is 0 Å². The van der Waals surface area contributed by atoms with Crippen molar-refractivity contribution in [2.45, 2.75) is 26.4 Å². The zero-order valence-corrected chi connectivity index (χ0v) is 13.6. The molecule has 1 aliphatic rings. The summed E-state index contributed by atoms with van der Waals surface area (Å²) in [6, 6.07) is 12.1. The van der Waals surface area contributed by atoms with Gasteiger partial charge in [-0.2, -0.15) is 5.10 Å². The van der Waals surface area contributed by atoms with E-state index >= 15 is 0 Å². The van der Waals surface area contributed by atoms with Crippen molar-refractivity contribution in [1.29, 1.82) is 0 Å². The molecule has 122 valence electrons. The zero-order chi connectivity index (χ0) is 16.5. The molecule has 4 rings (SSSR count). The molecule has 0 saturated heterocycles. The van der Waals surface area contributed by atoms with Gasteiger partial charge in [0.25, 0.3) is 5.91 Å².